The van der Waals surface area contributed by atoms with E-state index in [1.54, 1.807) is 0 Å². The highest BCUT2D eigenvalue weighted by atomic mass is 16.3. The van der Waals surface area contributed by atoms with Gasteiger partial charge in [0.1, 0.15) is 5.82 Å². The molecule has 1 N–H and O–H groups in total. The maximum atomic E-state index is 11.0. The molecule has 23 heavy (non-hydrogen) atoms. The number of nitrogens with zero attached hydrogens (tertiary/aromatic N) is 4. The first-order valence-electron chi connectivity index (χ1n) is 8.83. The van der Waals surface area contributed by atoms with Gasteiger partial charge in [-0.3, -0.25) is 4.90 Å². The van der Waals surface area contributed by atoms with Gasteiger partial charge in [0.25, 0.3) is 0 Å². The molecule has 1 aromatic rings. The Hall–Kier alpha value is -1.17. The highest BCUT2D eigenvalue weighted by Crippen LogP contribution is 2.25. The lowest BCUT2D eigenvalue weighted by Gasteiger charge is -2.41. The number of pyridine rings is 1. The molecular formula is C18H30N4O. The van der Waals surface area contributed by atoms with Gasteiger partial charge in [0.05, 0.1) is 5.60 Å². The van der Waals surface area contributed by atoms with Gasteiger partial charge in [-0.15, -0.1) is 0 Å². The van der Waals surface area contributed by atoms with Crippen LogP contribution in [0.4, 0.5) is 5.82 Å². The minimum absolute atomic E-state index is 0.542. The van der Waals surface area contributed by atoms with Crippen molar-refractivity contribution in [1.82, 2.24) is 14.8 Å². The molecule has 128 valence electrons. The van der Waals surface area contributed by atoms with Crippen molar-refractivity contribution in [1.29, 1.82) is 0 Å². The van der Waals surface area contributed by atoms with Crippen LogP contribution in [0, 0.1) is 0 Å². The fourth-order valence-electron chi connectivity index (χ4n) is 3.86. The predicted octanol–water partition coefficient (Wildman–Crippen LogP) is 1.57. The van der Waals surface area contributed by atoms with Crippen LogP contribution >= 0.6 is 0 Å². The number of aliphatic hydroxyl groups is 1. The molecule has 5 nitrogen and oxygen atoms in total. The second-order valence-corrected chi connectivity index (χ2v) is 7.44. The number of hydrogen-bond donors (Lipinski definition) is 1. The van der Waals surface area contributed by atoms with E-state index in [0.29, 0.717) is 0 Å². The number of hydrogen-bond acceptors (Lipinski definition) is 5. The van der Waals surface area contributed by atoms with E-state index in [1.165, 1.54) is 18.4 Å². The Morgan fingerprint density at radius 2 is 1.87 bits per heavy atom. The first-order valence-corrected chi connectivity index (χ1v) is 8.83. The average molecular weight is 318 g/mol. The predicted molar refractivity (Wildman–Crippen MR) is 93.7 cm³/mol. The minimum atomic E-state index is -0.542. The number of β-amino-alcohol motifs (C(OH)–C–C–N with tert-alkyl or cyclic N) is 1. The van der Waals surface area contributed by atoms with E-state index in [1.807, 2.05) is 25.2 Å². The molecule has 2 fully saturated rings. The molecule has 2 aliphatic heterocycles. The van der Waals surface area contributed by atoms with Crippen molar-refractivity contribution in [2.24, 2.45) is 0 Å². The third-order valence-corrected chi connectivity index (χ3v) is 5.02. The zero-order valence-electron chi connectivity index (χ0n) is 14.5. The smallest absolute Gasteiger partial charge is 0.127 e. The van der Waals surface area contributed by atoms with Crippen molar-refractivity contribution in [2.75, 3.05) is 51.7 Å². The van der Waals surface area contributed by atoms with Crippen LogP contribution in [0.5, 0.6) is 0 Å². The molecule has 0 amide bonds. The van der Waals surface area contributed by atoms with Crippen LogP contribution in [0.1, 0.15) is 31.2 Å². The summed E-state index contributed by atoms with van der Waals surface area (Å²) in [6, 6.07) is 4.21. The normalized spacial score (nSPS) is 26.6. The molecule has 0 saturated carbocycles. The fraction of sp³-hybridized carbons (Fsp3) is 0.722. The van der Waals surface area contributed by atoms with E-state index in [-0.39, 0.29) is 0 Å². The van der Waals surface area contributed by atoms with Gasteiger partial charge in [0, 0.05) is 39.9 Å². The van der Waals surface area contributed by atoms with Crippen LogP contribution in [0.15, 0.2) is 18.3 Å². The van der Waals surface area contributed by atoms with Crippen molar-refractivity contribution in [3.05, 3.63) is 23.9 Å². The number of piperidine rings is 1. The Morgan fingerprint density at radius 1 is 1.13 bits per heavy atom. The molecule has 0 unspecified atom stereocenters. The second kappa shape index (κ2) is 7.16. The Bertz CT molecular complexity index is 498. The Kier molecular flexibility index (Phi) is 5.19. The molecule has 2 aliphatic rings. The number of anilines is 1. The molecule has 0 radical (unpaired) electrons. The molecule has 1 atom stereocenters. The van der Waals surface area contributed by atoms with Gasteiger partial charge in [-0.05, 0) is 56.9 Å². The number of rotatable bonds is 5. The lowest BCUT2D eigenvalue weighted by atomic mass is 9.92. The lowest BCUT2D eigenvalue weighted by Crippen LogP contribution is -2.53. The zero-order valence-corrected chi connectivity index (χ0v) is 14.5. The van der Waals surface area contributed by atoms with E-state index >= 15 is 0 Å². The SMILES string of the molecule is CN(C)c1ccc(CN2CCC[C@](O)(CN3CCCC3)C2)cn1. The Labute approximate surface area is 139 Å². The van der Waals surface area contributed by atoms with Gasteiger partial charge < -0.3 is 14.9 Å². The maximum Gasteiger partial charge on any atom is 0.127 e. The van der Waals surface area contributed by atoms with Crippen LogP contribution in [-0.2, 0) is 6.54 Å². The Balaban J connectivity index is 1.57. The highest BCUT2D eigenvalue weighted by molar-refractivity contribution is 5.37. The fourth-order valence-corrected chi connectivity index (χ4v) is 3.86. The quantitative estimate of drug-likeness (QED) is 0.893. The molecule has 5 heteroatoms. The zero-order chi connectivity index (χ0) is 16.3. The van der Waals surface area contributed by atoms with Gasteiger partial charge in [-0.25, -0.2) is 4.98 Å². The van der Waals surface area contributed by atoms with E-state index in [0.717, 1.165) is 57.9 Å². The van der Waals surface area contributed by atoms with Crippen molar-refractivity contribution >= 4 is 5.82 Å². The van der Waals surface area contributed by atoms with Crippen LogP contribution in [0.3, 0.4) is 0 Å². The molecule has 0 spiro atoms. The summed E-state index contributed by atoms with van der Waals surface area (Å²) in [6.07, 6.45) is 6.53. The third kappa shape index (κ3) is 4.43. The summed E-state index contributed by atoms with van der Waals surface area (Å²) >= 11 is 0. The monoisotopic (exact) mass is 318 g/mol. The summed E-state index contributed by atoms with van der Waals surface area (Å²) < 4.78 is 0. The van der Waals surface area contributed by atoms with E-state index in [2.05, 4.69) is 26.9 Å². The topological polar surface area (TPSA) is 42.8 Å². The van der Waals surface area contributed by atoms with Crippen molar-refractivity contribution in [3.63, 3.8) is 0 Å². The molecule has 3 heterocycles. The molecule has 0 aromatic carbocycles. The van der Waals surface area contributed by atoms with E-state index in [4.69, 9.17) is 0 Å². The summed E-state index contributed by atoms with van der Waals surface area (Å²) in [6.45, 7) is 5.86. The van der Waals surface area contributed by atoms with Gasteiger partial charge in [0.2, 0.25) is 0 Å². The van der Waals surface area contributed by atoms with E-state index < -0.39 is 5.60 Å². The number of likely N-dealkylation sites (tertiary alicyclic amines) is 2. The van der Waals surface area contributed by atoms with Crippen LogP contribution in [-0.4, -0.2) is 72.3 Å². The molecular weight excluding hydrogens is 288 g/mol. The summed E-state index contributed by atoms with van der Waals surface area (Å²) in [5.74, 6) is 0.984. The second-order valence-electron chi connectivity index (χ2n) is 7.44. The standard InChI is InChI=1S/C18H30N4O/c1-20(2)17-7-6-16(12-19-17)13-22-11-5-8-18(23,15-22)14-21-9-3-4-10-21/h6-7,12,23H,3-5,8-11,13-15H2,1-2H3/t18-/m0/s1. The van der Waals surface area contributed by atoms with Gasteiger partial charge in [0.15, 0.2) is 0 Å². The number of aromatic nitrogens is 1. The van der Waals surface area contributed by atoms with Gasteiger partial charge >= 0.3 is 0 Å². The average Bonchev–Trinajstić information content (AvgIpc) is 3.00. The summed E-state index contributed by atoms with van der Waals surface area (Å²) in [5, 5.41) is 11.0. The molecule has 0 aliphatic carbocycles. The van der Waals surface area contributed by atoms with Crippen LogP contribution < -0.4 is 4.90 Å². The van der Waals surface area contributed by atoms with Crippen molar-refractivity contribution in [2.45, 2.75) is 37.8 Å². The van der Waals surface area contributed by atoms with E-state index in [9.17, 15) is 5.11 Å². The first kappa shape index (κ1) is 16.7. The van der Waals surface area contributed by atoms with Gasteiger partial charge in [-0.2, -0.15) is 0 Å². The molecule has 2 saturated heterocycles. The van der Waals surface area contributed by atoms with Crippen molar-refractivity contribution < 1.29 is 5.11 Å². The van der Waals surface area contributed by atoms with Crippen LogP contribution in [0.25, 0.3) is 0 Å². The van der Waals surface area contributed by atoms with Crippen LogP contribution in [0.2, 0.25) is 0 Å². The molecule has 0 bridgehead atoms. The van der Waals surface area contributed by atoms with Crippen molar-refractivity contribution in [3.8, 4) is 0 Å². The summed E-state index contributed by atoms with van der Waals surface area (Å²) in [7, 11) is 4.01. The minimum Gasteiger partial charge on any atom is -0.387 e. The summed E-state index contributed by atoms with van der Waals surface area (Å²) in [5.41, 5.74) is 0.681. The molecule has 1 aromatic heterocycles. The third-order valence-electron chi connectivity index (χ3n) is 5.02. The summed E-state index contributed by atoms with van der Waals surface area (Å²) in [4.78, 5) is 11.3. The first-order chi connectivity index (χ1) is 11.0. The largest absolute Gasteiger partial charge is 0.387 e. The highest BCUT2D eigenvalue weighted by Gasteiger charge is 2.35. The maximum absolute atomic E-state index is 11.0. The molecule has 3 rings (SSSR count). The Morgan fingerprint density at radius 3 is 2.52 bits per heavy atom. The lowest BCUT2D eigenvalue weighted by molar-refractivity contribution is -0.0519. The van der Waals surface area contributed by atoms with Gasteiger partial charge in [-0.1, -0.05) is 6.07 Å².